The van der Waals surface area contributed by atoms with Crippen LogP contribution in [0.15, 0.2) is 30.3 Å². The van der Waals surface area contributed by atoms with Crippen LogP contribution >= 0.6 is 11.6 Å². The van der Waals surface area contributed by atoms with Gasteiger partial charge in [0, 0.05) is 0 Å². The maximum atomic E-state index is 6.46. The van der Waals surface area contributed by atoms with Crippen LogP contribution in [0.25, 0.3) is 0 Å². The molecule has 0 heterocycles. The number of benzene rings is 1. The molecule has 0 spiro atoms. The monoisotopic (exact) mass is 196 g/mol. The van der Waals surface area contributed by atoms with E-state index in [4.69, 9.17) is 11.6 Å². The molecular formula is C12H17Cl. The van der Waals surface area contributed by atoms with Crippen LogP contribution in [0.5, 0.6) is 0 Å². The molecule has 1 aromatic rings. The van der Waals surface area contributed by atoms with Crippen LogP contribution in [-0.4, -0.2) is 0 Å². The molecule has 0 aliphatic rings. The summed E-state index contributed by atoms with van der Waals surface area (Å²) in [6.07, 6.45) is 1.01. The molecule has 1 heteroatoms. The average Bonchev–Trinajstić information content (AvgIpc) is 2.04. The van der Waals surface area contributed by atoms with Crippen molar-refractivity contribution < 1.29 is 0 Å². The average molecular weight is 197 g/mol. The Morgan fingerprint density at radius 3 is 2.23 bits per heavy atom. The molecule has 0 bridgehead atoms. The van der Waals surface area contributed by atoms with E-state index in [1.807, 2.05) is 18.2 Å². The molecule has 1 rings (SSSR count). The Hall–Kier alpha value is -0.490. The van der Waals surface area contributed by atoms with Gasteiger partial charge in [-0.15, -0.1) is 11.6 Å². The maximum Gasteiger partial charge on any atom is 0.0669 e. The minimum Gasteiger partial charge on any atom is -0.114 e. The molecule has 0 nitrogen and oxygen atoms in total. The first-order valence-corrected chi connectivity index (χ1v) is 5.14. The van der Waals surface area contributed by atoms with E-state index in [0.29, 0.717) is 5.92 Å². The van der Waals surface area contributed by atoms with Crippen molar-refractivity contribution in [3.63, 3.8) is 0 Å². The van der Waals surface area contributed by atoms with E-state index in [-0.39, 0.29) is 4.87 Å². The van der Waals surface area contributed by atoms with Crippen molar-refractivity contribution in [2.24, 2.45) is 5.92 Å². The van der Waals surface area contributed by atoms with Gasteiger partial charge >= 0.3 is 0 Å². The quantitative estimate of drug-likeness (QED) is 0.637. The Kier molecular flexibility index (Phi) is 3.38. The summed E-state index contributed by atoms with van der Waals surface area (Å²) in [5.41, 5.74) is 1.21. The van der Waals surface area contributed by atoms with Crippen LogP contribution in [0.4, 0.5) is 0 Å². The number of rotatable bonds is 3. The zero-order valence-electron chi connectivity index (χ0n) is 8.55. The fourth-order valence-electron chi connectivity index (χ4n) is 1.67. The van der Waals surface area contributed by atoms with Gasteiger partial charge in [-0.25, -0.2) is 0 Å². The van der Waals surface area contributed by atoms with E-state index in [0.717, 1.165) is 6.42 Å². The van der Waals surface area contributed by atoms with Gasteiger partial charge < -0.3 is 0 Å². The van der Waals surface area contributed by atoms with Gasteiger partial charge in [0.2, 0.25) is 0 Å². The predicted molar refractivity (Wildman–Crippen MR) is 59.1 cm³/mol. The number of alkyl halides is 1. The van der Waals surface area contributed by atoms with Crippen LogP contribution in [0.1, 0.15) is 32.8 Å². The Morgan fingerprint density at radius 1 is 1.23 bits per heavy atom. The van der Waals surface area contributed by atoms with Gasteiger partial charge in [-0.3, -0.25) is 0 Å². The molecule has 0 amide bonds. The van der Waals surface area contributed by atoms with E-state index in [1.165, 1.54) is 5.56 Å². The van der Waals surface area contributed by atoms with E-state index in [1.54, 1.807) is 0 Å². The molecule has 0 fully saturated rings. The summed E-state index contributed by atoms with van der Waals surface area (Å²) in [5, 5.41) is 0. The Bertz CT molecular complexity index is 249. The van der Waals surface area contributed by atoms with Crippen LogP contribution in [-0.2, 0) is 4.87 Å². The Labute approximate surface area is 85.9 Å². The molecule has 13 heavy (non-hydrogen) atoms. The largest absolute Gasteiger partial charge is 0.114 e. The number of hydrogen-bond donors (Lipinski definition) is 0. The summed E-state index contributed by atoms with van der Waals surface area (Å²) < 4.78 is 0. The summed E-state index contributed by atoms with van der Waals surface area (Å²) in [4.78, 5) is -0.213. The Morgan fingerprint density at radius 2 is 1.77 bits per heavy atom. The maximum absolute atomic E-state index is 6.46. The first-order valence-electron chi connectivity index (χ1n) is 4.77. The second-order valence-corrected chi connectivity index (χ2v) is 5.00. The van der Waals surface area contributed by atoms with Crippen molar-refractivity contribution >= 4 is 11.6 Å². The minimum absolute atomic E-state index is 0.213. The lowest BCUT2D eigenvalue weighted by molar-refractivity contribution is 0.482. The molecule has 1 atom stereocenters. The third kappa shape index (κ3) is 3.04. The van der Waals surface area contributed by atoms with E-state index >= 15 is 0 Å². The molecule has 0 N–H and O–H groups in total. The molecular weight excluding hydrogens is 180 g/mol. The van der Waals surface area contributed by atoms with E-state index in [9.17, 15) is 0 Å². The smallest absolute Gasteiger partial charge is 0.0669 e. The third-order valence-corrected chi connectivity index (χ3v) is 2.54. The molecule has 0 radical (unpaired) electrons. The fourth-order valence-corrected chi connectivity index (χ4v) is 2.10. The molecule has 0 aromatic heterocycles. The molecule has 1 aromatic carbocycles. The lowest BCUT2D eigenvalue weighted by atomic mass is 9.91. The van der Waals surface area contributed by atoms with Crippen molar-refractivity contribution in [3.05, 3.63) is 35.9 Å². The van der Waals surface area contributed by atoms with Crippen molar-refractivity contribution in [2.45, 2.75) is 32.1 Å². The van der Waals surface area contributed by atoms with E-state index < -0.39 is 0 Å². The highest BCUT2D eigenvalue weighted by molar-refractivity contribution is 6.23. The summed E-state index contributed by atoms with van der Waals surface area (Å²) in [7, 11) is 0. The summed E-state index contributed by atoms with van der Waals surface area (Å²) in [5.74, 6) is 0.628. The van der Waals surface area contributed by atoms with Crippen molar-refractivity contribution in [2.75, 3.05) is 0 Å². The van der Waals surface area contributed by atoms with Gasteiger partial charge in [-0.1, -0.05) is 44.2 Å². The molecule has 0 saturated heterocycles. The van der Waals surface area contributed by atoms with Crippen molar-refractivity contribution in [3.8, 4) is 0 Å². The molecule has 1 unspecified atom stereocenters. The van der Waals surface area contributed by atoms with Crippen LogP contribution in [0.2, 0.25) is 0 Å². The minimum atomic E-state index is -0.213. The highest BCUT2D eigenvalue weighted by atomic mass is 35.5. The third-order valence-electron chi connectivity index (χ3n) is 2.17. The second kappa shape index (κ2) is 4.15. The van der Waals surface area contributed by atoms with Crippen LogP contribution in [0.3, 0.4) is 0 Å². The lowest BCUT2D eigenvalue weighted by Crippen LogP contribution is -2.16. The topological polar surface area (TPSA) is 0 Å². The fraction of sp³-hybridized carbons (Fsp3) is 0.500. The van der Waals surface area contributed by atoms with Gasteiger partial charge in [0.15, 0.2) is 0 Å². The SMILES string of the molecule is CC(C)CC(C)(Cl)c1ccccc1. The number of halogens is 1. The summed E-state index contributed by atoms with van der Waals surface area (Å²) in [6, 6.07) is 10.3. The zero-order valence-corrected chi connectivity index (χ0v) is 9.31. The molecule has 72 valence electrons. The van der Waals surface area contributed by atoms with Crippen molar-refractivity contribution in [1.29, 1.82) is 0 Å². The molecule has 0 aliphatic heterocycles. The first kappa shape index (κ1) is 10.6. The second-order valence-electron chi connectivity index (χ2n) is 4.16. The van der Waals surface area contributed by atoms with E-state index in [2.05, 4.69) is 32.9 Å². The van der Waals surface area contributed by atoms with Crippen LogP contribution < -0.4 is 0 Å². The summed E-state index contributed by atoms with van der Waals surface area (Å²) >= 11 is 6.46. The van der Waals surface area contributed by atoms with Crippen LogP contribution in [0, 0.1) is 5.92 Å². The normalized spacial score (nSPS) is 15.8. The highest BCUT2D eigenvalue weighted by Crippen LogP contribution is 2.34. The van der Waals surface area contributed by atoms with Gasteiger partial charge in [0.25, 0.3) is 0 Å². The van der Waals surface area contributed by atoms with Gasteiger partial charge in [0.05, 0.1) is 4.87 Å². The van der Waals surface area contributed by atoms with Gasteiger partial charge in [-0.05, 0) is 24.8 Å². The zero-order chi connectivity index (χ0) is 9.90. The predicted octanol–water partition coefficient (Wildman–Crippen LogP) is 4.19. The van der Waals surface area contributed by atoms with Gasteiger partial charge in [-0.2, -0.15) is 0 Å². The van der Waals surface area contributed by atoms with Gasteiger partial charge in [0.1, 0.15) is 0 Å². The standard InChI is InChI=1S/C12H17Cl/c1-10(2)9-12(3,13)11-7-5-4-6-8-11/h4-8,10H,9H2,1-3H3. The molecule has 0 aliphatic carbocycles. The lowest BCUT2D eigenvalue weighted by Gasteiger charge is -2.24. The van der Waals surface area contributed by atoms with Crippen molar-refractivity contribution in [1.82, 2.24) is 0 Å². The number of hydrogen-bond acceptors (Lipinski definition) is 0. The molecule has 0 saturated carbocycles. The Balaban J connectivity index is 2.81. The summed E-state index contributed by atoms with van der Waals surface area (Å²) in [6.45, 7) is 6.48. The highest BCUT2D eigenvalue weighted by Gasteiger charge is 2.23. The first-order chi connectivity index (χ1) is 6.02.